The number of nitrogens with one attached hydrogen (secondary N) is 3. The zero-order valence-corrected chi connectivity index (χ0v) is 17.1. The van der Waals surface area contributed by atoms with Gasteiger partial charge in [-0.1, -0.05) is 24.3 Å². The van der Waals surface area contributed by atoms with Gasteiger partial charge in [-0.05, 0) is 59.6 Å². The summed E-state index contributed by atoms with van der Waals surface area (Å²) in [6.07, 6.45) is 2.11. The molecule has 28 heavy (non-hydrogen) atoms. The lowest BCUT2D eigenvalue weighted by molar-refractivity contribution is 0.415. The van der Waals surface area contributed by atoms with Crippen molar-refractivity contribution in [3.8, 4) is 5.75 Å². The van der Waals surface area contributed by atoms with Gasteiger partial charge in [-0.2, -0.15) is 0 Å². The smallest absolute Gasteiger partial charge is 0.170 e. The normalized spacial score (nSPS) is 11.9. The Balaban J connectivity index is 1.49. The van der Waals surface area contributed by atoms with Gasteiger partial charge in [0.05, 0.1) is 7.11 Å². The third kappa shape index (κ3) is 4.03. The molecule has 142 valence electrons. The number of hydrogen-bond acceptors (Lipinski definition) is 3. The molecule has 0 aliphatic heterocycles. The van der Waals surface area contributed by atoms with Crippen LogP contribution in [0.4, 0.5) is 5.69 Å². The largest absolute Gasteiger partial charge is 0.497 e. The average molecular weight is 408 g/mol. The number of ether oxygens (including phenoxy) is 1. The Morgan fingerprint density at radius 1 is 1.11 bits per heavy atom. The Morgan fingerprint density at radius 3 is 2.68 bits per heavy atom. The van der Waals surface area contributed by atoms with Crippen LogP contribution < -0.4 is 15.4 Å². The third-order valence-corrected chi connectivity index (χ3v) is 5.93. The number of methoxy groups -OCH3 is 1. The SMILES string of the molecule is COc1ccc(NC(=S)NCC(c2cccs2)c2c[nH]c3ccccc23)cc1. The third-order valence-electron chi connectivity index (χ3n) is 4.70. The predicted octanol–water partition coefficient (Wildman–Crippen LogP) is 5.36. The molecule has 4 rings (SSSR count). The monoisotopic (exact) mass is 407 g/mol. The molecule has 0 bridgehead atoms. The van der Waals surface area contributed by atoms with Crippen LogP contribution in [0, 0.1) is 0 Å². The molecule has 4 nitrogen and oxygen atoms in total. The van der Waals surface area contributed by atoms with E-state index in [-0.39, 0.29) is 5.92 Å². The Hall–Kier alpha value is -2.83. The van der Waals surface area contributed by atoms with Crippen molar-refractivity contribution in [3.63, 3.8) is 0 Å². The molecule has 0 saturated carbocycles. The topological polar surface area (TPSA) is 49.1 Å². The standard InChI is InChI=1S/C22H21N3OS2/c1-26-16-10-8-15(9-11-16)25-22(27)24-14-19(21-7-4-12-28-21)18-13-23-20-6-3-2-5-17(18)20/h2-13,19,23H,14H2,1H3,(H2,24,25,27). The van der Waals surface area contributed by atoms with Gasteiger partial charge in [0.2, 0.25) is 0 Å². The van der Waals surface area contributed by atoms with E-state index in [0.29, 0.717) is 11.7 Å². The minimum absolute atomic E-state index is 0.215. The van der Waals surface area contributed by atoms with Gasteiger partial charge in [-0.3, -0.25) is 0 Å². The number of aromatic amines is 1. The first-order chi connectivity index (χ1) is 13.7. The lowest BCUT2D eigenvalue weighted by atomic mass is 9.97. The first-order valence-electron chi connectivity index (χ1n) is 9.03. The maximum atomic E-state index is 5.51. The average Bonchev–Trinajstić information content (AvgIpc) is 3.40. The second kappa shape index (κ2) is 8.46. The highest BCUT2D eigenvalue weighted by Crippen LogP contribution is 2.32. The Labute approximate surface area is 173 Å². The maximum absolute atomic E-state index is 5.51. The minimum Gasteiger partial charge on any atom is -0.497 e. The van der Waals surface area contributed by atoms with Crippen LogP contribution in [0.25, 0.3) is 10.9 Å². The van der Waals surface area contributed by atoms with E-state index >= 15 is 0 Å². The maximum Gasteiger partial charge on any atom is 0.170 e. The lowest BCUT2D eigenvalue weighted by Crippen LogP contribution is -2.32. The van der Waals surface area contributed by atoms with Crippen LogP contribution in [0.1, 0.15) is 16.4 Å². The number of thiophene rings is 1. The van der Waals surface area contributed by atoms with Crippen LogP contribution in [-0.2, 0) is 0 Å². The Bertz CT molecular complexity index is 1060. The summed E-state index contributed by atoms with van der Waals surface area (Å²) in [6.45, 7) is 0.713. The van der Waals surface area contributed by atoms with Crippen LogP contribution >= 0.6 is 23.6 Å². The lowest BCUT2D eigenvalue weighted by Gasteiger charge is -2.18. The molecule has 4 aromatic rings. The summed E-state index contributed by atoms with van der Waals surface area (Å²) in [5, 5.41) is 10.6. The van der Waals surface area contributed by atoms with Crippen molar-refractivity contribution in [2.75, 3.05) is 19.0 Å². The summed E-state index contributed by atoms with van der Waals surface area (Å²) in [4.78, 5) is 4.70. The molecule has 0 spiro atoms. The van der Waals surface area contributed by atoms with E-state index in [1.807, 2.05) is 24.3 Å². The number of rotatable bonds is 6. The number of aromatic nitrogens is 1. The molecule has 2 aromatic heterocycles. The van der Waals surface area contributed by atoms with E-state index in [0.717, 1.165) is 17.0 Å². The quantitative estimate of drug-likeness (QED) is 0.377. The van der Waals surface area contributed by atoms with Gasteiger partial charge in [0, 0.05) is 40.1 Å². The fourth-order valence-electron chi connectivity index (χ4n) is 3.28. The highest BCUT2D eigenvalue weighted by Gasteiger charge is 2.19. The van der Waals surface area contributed by atoms with E-state index in [1.54, 1.807) is 18.4 Å². The van der Waals surface area contributed by atoms with Crippen molar-refractivity contribution in [1.82, 2.24) is 10.3 Å². The fourth-order valence-corrected chi connectivity index (χ4v) is 4.33. The zero-order chi connectivity index (χ0) is 19.3. The summed E-state index contributed by atoms with van der Waals surface area (Å²) in [5.74, 6) is 1.04. The predicted molar refractivity (Wildman–Crippen MR) is 122 cm³/mol. The highest BCUT2D eigenvalue weighted by atomic mass is 32.1. The van der Waals surface area contributed by atoms with Crippen LogP contribution in [-0.4, -0.2) is 23.8 Å². The van der Waals surface area contributed by atoms with Gasteiger partial charge in [0.1, 0.15) is 5.75 Å². The molecule has 0 saturated heterocycles. The van der Waals surface area contributed by atoms with E-state index in [9.17, 15) is 0 Å². The van der Waals surface area contributed by atoms with Gasteiger partial charge in [0.15, 0.2) is 5.11 Å². The van der Waals surface area contributed by atoms with Gasteiger partial charge >= 0.3 is 0 Å². The number of anilines is 1. The molecule has 1 unspecified atom stereocenters. The second-order valence-corrected chi connectivity index (χ2v) is 7.81. The molecular weight excluding hydrogens is 386 g/mol. The number of H-pyrrole nitrogens is 1. The van der Waals surface area contributed by atoms with Crippen molar-refractivity contribution >= 4 is 45.3 Å². The molecule has 2 aromatic carbocycles. The summed E-state index contributed by atoms with van der Waals surface area (Å²) in [5.41, 5.74) is 3.36. The number of thiocarbonyl (C=S) groups is 1. The molecule has 2 heterocycles. The van der Waals surface area contributed by atoms with E-state index in [2.05, 4.69) is 63.6 Å². The Morgan fingerprint density at radius 2 is 1.93 bits per heavy atom. The number of para-hydroxylation sites is 1. The fraction of sp³-hybridized carbons (Fsp3) is 0.136. The van der Waals surface area contributed by atoms with Gasteiger partial charge in [-0.25, -0.2) is 0 Å². The minimum atomic E-state index is 0.215. The zero-order valence-electron chi connectivity index (χ0n) is 15.4. The number of hydrogen-bond donors (Lipinski definition) is 3. The molecular formula is C22H21N3OS2. The second-order valence-electron chi connectivity index (χ2n) is 6.42. The van der Waals surface area contributed by atoms with E-state index in [1.165, 1.54) is 15.8 Å². The van der Waals surface area contributed by atoms with Crippen molar-refractivity contribution in [3.05, 3.63) is 82.7 Å². The summed E-state index contributed by atoms with van der Waals surface area (Å²) >= 11 is 7.28. The van der Waals surface area contributed by atoms with Gasteiger partial charge < -0.3 is 20.4 Å². The van der Waals surface area contributed by atoms with Crippen molar-refractivity contribution in [1.29, 1.82) is 0 Å². The van der Waals surface area contributed by atoms with Crippen molar-refractivity contribution in [2.24, 2.45) is 0 Å². The van der Waals surface area contributed by atoms with E-state index in [4.69, 9.17) is 17.0 Å². The van der Waals surface area contributed by atoms with Gasteiger partial charge in [0.25, 0.3) is 0 Å². The first kappa shape index (κ1) is 18.5. The number of benzene rings is 2. The molecule has 6 heteroatoms. The molecule has 0 amide bonds. The molecule has 1 atom stereocenters. The van der Waals surface area contributed by atoms with Crippen molar-refractivity contribution < 1.29 is 4.74 Å². The molecule has 3 N–H and O–H groups in total. The van der Waals surface area contributed by atoms with Crippen LogP contribution in [0.3, 0.4) is 0 Å². The molecule has 0 fully saturated rings. The highest BCUT2D eigenvalue weighted by molar-refractivity contribution is 7.80. The van der Waals surface area contributed by atoms with Crippen LogP contribution in [0.2, 0.25) is 0 Å². The summed E-state index contributed by atoms with van der Waals surface area (Å²) in [7, 11) is 1.66. The summed E-state index contributed by atoms with van der Waals surface area (Å²) in [6, 6.07) is 20.4. The van der Waals surface area contributed by atoms with Crippen molar-refractivity contribution in [2.45, 2.75) is 5.92 Å². The number of fused-ring (bicyclic) bond motifs is 1. The Kier molecular flexibility index (Phi) is 5.60. The summed E-state index contributed by atoms with van der Waals surface area (Å²) < 4.78 is 5.19. The molecule has 0 aliphatic carbocycles. The molecule has 0 radical (unpaired) electrons. The van der Waals surface area contributed by atoms with Gasteiger partial charge in [-0.15, -0.1) is 11.3 Å². The van der Waals surface area contributed by atoms with Crippen LogP contribution in [0.15, 0.2) is 72.2 Å². The first-order valence-corrected chi connectivity index (χ1v) is 10.3. The van der Waals surface area contributed by atoms with Crippen LogP contribution in [0.5, 0.6) is 5.75 Å². The molecule has 0 aliphatic rings. The van der Waals surface area contributed by atoms with E-state index < -0.39 is 0 Å².